The topological polar surface area (TPSA) is 78.9 Å². The molecule has 2 heterocycles. The van der Waals surface area contributed by atoms with Gasteiger partial charge in [0.25, 0.3) is 0 Å². The zero-order valence-corrected chi connectivity index (χ0v) is 12.4. The van der Waals surface area contributed by atoms with Crippen LogP contribution in [0.5, 0.6) is 0 Å². The lowest BCUT2D eigenvalue weighted by Crippen LogP contribution is -2.57. The van der Waals surface area contributed by atoms with Gasteiger partial charge in [0, 0.05) is 12.6 Å². The third kappa shape index (κ3) is 3.23. The van der Waals surface area contributed by atoms with Gasteiger partial charge < -0.3 is 15.2 Å². The van der Waals surface area contributed by atoms with E-state index in [-0.39, 0.29) is 12.5 Å². The van der Waals surface area contributed by atoms with Crippen LogP contribution in [-0.2, 0) is 9.53 Å². The summed E-state index contributed by atoms with van der Waals surface area (Å²) in [6, 6.07) is 0.117. The molecule has 2 aliphatic rings. The Labute approximate surface area is 119 Å². The average molecular weight is 284 g/mol. The molecule has 0 aromatic heterocycles. The van der Waals surface area contributed by atoms with Crippen LogP contribution in [0.25, 0.3) is 0 Å². The smallest absolute Gasteiger partial charge is 0.408 e. The van der Waals surface area contributed by atoms with Gasteiger partial charge in [-0.2, -0.15) is 0 Å². The Balaban J connectivity index is 2.12. The van der Waals surface area contributed by atoms with Crippen LogP contribution in [0, 0.1) is 0 Å². The minimum absolute atomic E-state index is 0.0482. The van der Waals surface area contributed by atoms with Crippen LogP contribution in [-0.4, -0.2) is 52.3 Å². The number of rotatable bonds is 3. The monoisotopic (exact) mass is 284 g/mol. The average Bonchev–Trinajstić information content (AvgIpc) is 2.79. The van der Waals surface area contributed by atoms with Gasteiger partial charge in [-0.15, -0.1) is 0 Å². The molecule has 114 valence electrons. The molecule has 0 bridgehead atoms. The molecule has 0 radical (unpaired) electrons. The largest absolute Gasteiger partial charge is 0.481 e. The highest BCUT2D eigenvalue weighted by Crippen LogP contribution is 2.38. The van der Waals surface area contributed by atoms with Crippen LogP contribution in [0.2, 0.25) is 0 Å². The van der Waals surface area contributed by atoms with Gasteiger partial charge in [-0.1, -0.05) is 0 Å². The number of carbonyl (C=O) groups excluding carboxylic acids is 1. The van der Waals surface area contributed by atoms with Crippen molar-refractivity contribution < 1.29 is 19.4 Å². The van der Waals surface area contributed by atoms with Crippen molar-refractivity contribution >= 4 is 12.1 Å². The highest BCUT2D eigenvalue weighted by Gasteiger charge is 2.51. The van der Waals surface area contributed by atoms with E-state index in [0.29, 0.717) is 6.42 Å². The Bertz CT molecular complexity index is 404. The molecular weight excluding hydrogens is 260 g/mol. The molecule has 2 N–H and O–H groups in total. The maximum atomic E-state index is 12.0. The maximum absolute atomic E-state index is 12.0. The van der Waals surface area contributed by atoms with Gasteiger partial charge in [0.05, 0.1) is 12.0 Å². The van der Waals surface area contributed by atoms with Crippen molar-refractivity contribution in [2.75, 3.05) is 13.1 Å². The predicted octanol–water partition coefficient (Wildman–Crippen LogP) is 1.59. The Hall–Kier alpha value is -1.30. The minimum atomic E-state index is -0.880. The van der Waals surface area contributed by atoms with E-state index in [1.807, 2.05) is 0 Å². The maximum Gasteiger partial charge on any atom is 0.408 e. The number of carboxylic acid groups (broad SMARTS) is 1. The fourth-order valence-corrected chi connectivity index (χ4v) is 3.40. The number of hydrogen-bond acceptors (Lipinski definition) is 4. The van der Waals surface area contributed by atoms with E-state index in [4.69, 9.17) is 4.74 Å². The molecule has 6 heteroatoms. The Kier molecular flexibility index (Phi) is 3.95. The second-order valence-corrected chi connectivity index (χ2v) is 6.80. The lowest BCUT2D eigenvalue weighted by atomic mass is 9.85. The third-order valence-corrected chi connectivity index (χ3v) is 4.06. The first-order valence-electron chi connectivity index (χ1n) is 7.19. The molecule has 2 atom stereocenters. The van der Waals surface area contributed by atoms with Gasteiger partial charge in [-0.05, 0) is 46.6 Å². The summed E-state index contributed by atoms with van der Waals surface area (Å²) in [5.74, 6) is -0.880. The number of ether oxygens (including phenoxy) is 1. The van der Waals surface area contributed by atoms with Crippen molar-refractivity contribution in [2.24, 2.45) is 0 Å². The molecule has 2 fully saturated rings. The molecule has 1 amide bonds. The van der Waals surface area contributed by atoms with E-state index in [0.717, 1.165) is 25.9 Å². The van der Waals surface area contributed by atoms with Crippen LogP contribution in [0.15, 0.2) is 0 Å². The molecule has 20 heavy (non-hydrogen) atoms. The second kappa shape index (κ2) is 5.24. The van der Waals surface area contributed by atoms with Gasteiger partial charge in [0.2, 0.25) is 0 Å². The highest BCUT2D eigenvalue weighted by molar-refractivity contribution is 5.73. The molecule has 2 rings (SSSR count). The fourth-order valence-electron chi connectivity index (χ4n) is 3.40. The van der Waals surface area contributed by atoms with Crippen LogP contribution in [0.1, 0.15) is 46.5 Å². The number of amides is 1. The third-order valence-electron chi connectivity index (χ3n) is 4.06. The molecule has 0 aromatic rings. The van der Waals surface area contributed by atoms with Crippen molar-refractivity contribution in [3.8, 4) is 0 Å². The van der Waals surface area contributed by atoms with Crippen molar-refractivity contribution in [1.29, 1.82) is 0 Å². The van der Waals surface area contributed by atoms with E-state index in [9.17, 15) is 14.7 Å². The number of carboxylic acids is 1. The Morgan fingerprint density at radius 1 is 1.40 bits per heavy atom. The summed E-state index contributed by atoms with van der Waals surface area (Å²) in [5.41, 5.74) is -1.27. The molecule has 0 aliphatic carbocycles. The van der Waals surface area contributed by atoms with Gasteiger partial charge in [0.15, 0.2) is 0 Å². The lowest BCUT2D eigenvalue weighted by Gasteiger charge is -2.35. The van der Waals surface area contributed by atoms with Crippen LogP contribution in [0.3, 0.4) is 0 Å². The van der Waals surface area contributed by atoms with E-state index < -0.39 is 23.2 Å². The van der Waals surface area contributed by atoms with Crippen LogP contribution < -0.4 is 5.32 Å². The first kappa shape index (κ1) is 15.1. The van der Waals surface area contributed by atoms with Gasteiger partial charge >= 0.3 is 12.1 Å². The molecule has 2 saturated heterocycles. The molecule has 0 saturated carbocycles. The zero-order valence-electron chi connectivity index (χ0n) is 12.4. The van der Waals surface area contributed by atoms with Gasteiger partial charge in [-0.3, -0.25) is 9.69 Å². The number of nitrogens with one attached hydrogen (secondary N) is 1. The van der Waals surface area contributed by atoms with E-state index in [1.54, 1.807) is 20.8 Å². The van der Waals surface area contributed by atoms with Crippen molar-refractivity contribution in [2.45, 2.75) is 63.6 Å². The van der Waals surface area contributed by atoms with Gasteiger partial charge in [-0.25, -0.2) is 4.79 Å². The van der Waals surface area contributed by atoms with E-state index in [1.165, 1.54) is 0 Å². The zero-order chi connectivity index (χ0) is 15.0. The summed E-state index contributed by atoms with van der Waals surface area (Å²) in [6.45, 7) is 7.22. The van der Waals surface area contributed by atoms with E-state index >= 15 is 0 Å². The quantitative estimate of drug-likeness (QED) is 0.823. The normalized spacial score (nSPS) is 30.1. The molecule has 2 unspecified atom stereocenters. The first-order valence-corrected chi connectivity index (χ1v) is 7.19. The van der Waals surface area contributed by atoms with E-state index in [2.05, 4.69) is 10.2 Å². The lowest BCUT2D eigenvalue weighted by molar-refractivity contribution is -0.138. The predicted molar refractivity (Wildman–Crippen MR) is 73.6 cm³/mol. The number of aliphatic carboxylic acids is 1. The van der Waals surface area contributed by atoms with Crippen molar-refractivity contribution in [3.05, 3.63) is 0 Å². The summed E-state index contributed by atoms with van der Waals surface area (Å²) in [5, 5.41) is 12.1. The standard InChI is InChI=1S/C14H24N2O4/c1-13(2,3)20-12(19)15-14(9-11(17)18)6-8-16-7-4-5-10(14)16/h10H,4-9H2,1-3H3,(H,15,19)(H,17,18). The summed E-state index contributed by atoms with van der Waals surface area (Å²) in [6.07, 6.45) is 2.09. The minimum Gasteiger partial charge on any atom is -0.481 e. The van der Waals surface area contributed by atoms with Crippen LogP contribution in [0.4, 0.5) is 4.79 Å². The molecule has 2 aliphatic heterocycles. The second-order valence-electron chi connectivity index (χ2n) is 6.80. The fraction of sp³-hybridized carbons (Fsp3) is 0.857. The highest BCUT2D eigenvalue weighted by atomic mass is 16.6. The number of nitrogens with zero attached hydrogens (tertiary/aromatic N) is 1. The SMILES string of the molecule is CC(C)(C)OC(=O)NC1(CC(=O)O)CCN2CCCC21. The number of hydrogen-bond donors (Lipinski definition) is 2. The molecule has 0 aromatic carbocycles. The van der Waals surface area contributed by atoms with Crippen molar-refractivity contribution in [3.63, 3.8) is 0 Å². The van der Waals surface area contributed by atoms with Crippen LogP contribution >= 0.6 is 0 Å². The summed E-state index contributed by atoms with van der Waals surface area (Å²) < 4.78 is 5.29. The number of alkyl carbamates (subject to hydrolysis) is 1. The first-order chi connectivity index (χ1) is 9.22. The molecular formula is C14H24N2O4. The number of fused-ring (bicyclic) bond motifs is 1. The molecule has 0 spiro atoms. The Morgan fingerprint density at radius 2 is 2.10 bits per heavy atom. The summed E-state index contributed by atoms with van der Waals surface area (Å²) in [4.78, 5) is 25.5. The van der Waals surface area contributed by atoms with Crippen molar-refractivity contribution in [1.82, 2.24) is 10.2 Å². The van der Waals surface area contributed by atoms with Gasteiger partial charge in [0.1, 0.15) is 5.60 Å². The molecule has 6 nitrogen and oxygen atoms in total. The summed E-state index contributed by atoms with van der Waals surface area (Å²) in [7, 11) is 0. The Morgan fingerprint density at radius 3 is 2.70 bits per heavy atom. The summed E-state index contributed by atoms with van der Waals surface area (Å²) >= 11 is 0. The number of carbonyl (C=O) groups is 2.